The normalized spacial score (nSPS) is 11.6. The van der Waals surface area contributed by atoms with E-state index in [4.69, 9.17) is 20.6 Å². The molecule has 0 aliphatic carbocycles. The van der Waals surface area contributed by atoms with Crippen molar-refractivity contribution in [3.05, 3.63) is 29.3 Å². The Labute approximate surface area is 94.0 Å². The molecule has 0 radical (unpaired) electrons. The molecule has 3 nitrogen and oxygen atoms in total. The van der Waals surface area contributed by atoms with Crippen LogP contribution in [0.3, 0.4) is 0 Å². The monoisotopic (exact) mass is 300 g/mol. The van der Waals surface area contributed by atoms with Crippen LogP contribution in [0.5, 0.6) is 0 Å². The van der Waals surface area contributed by atoms with E-state index in [0.29, 0.717) is 5.02 Å². The van der Waals surface area contributed by atoms with Gasteiger partial charge in [-0.2, -0.15) is 0 Å². The topological polar surface area (TPSA) is 35.5 Å². The maximum absolute atomic E-state index is 11.8. The summed E-state index contributed by atoms with van der Waals surface area (Å²) in [6.45, 7) is 0. The van der Waals surface area contributed by atoms with E-state index in [2.05, 4.69) is 0 Å². The number of benzene rings is 1. The van der Waals surface area contributed by atoms with Gasteiger partial charge in [-0.1, -0.05) is 0 Å². The molecule has 0 saturated carbocycles. The molecule has 0 heterocycles. The fourth-order valence-electron chi connectivity index (χ4n) is 0.774. The zero-order chi connectivity index (χ0) is 10.6. The summed E-state index contributed by atoms with van der Waals surface area (Å²) in [6, 6.07) is 7.17. The van der Waals surface area contributed by atoms with E-state index in [9.17, 15) is 4.57 Å². The molecule has 0 fully saturated rings. The molecule has 0 aliphatic rings. The molecule has 0 unspecified atom stereocenters. The van der Waals surface area contributed by atoms with Gasteiger partial charge < -0.3 is 0 Å². The Bertz CT molecular complexity index is 333. The van der Waals surface area contributed by atoms with Crippen molar-refractivity contribution in [1.29, 1.82) is 0 Å². The van der Waals surface area contributed by atoms with Gasteiger partial charge in [0.15, 0.2) is 0 Å². The van der Waals surface area contributed by atoms with Gasteiger partial charge in [-0.25, -0.2) is 0 Å². The molecule has 1 aromatic carbocycles. The summed E-state index contributed by atoms with van der Waals surface area (Å²) in [5.74, 6) is 0. The quantitative estimate of drug-likeness (QED) is 0.631. The summed E-state index contributed by atoms with van der Waals surface area (Å²) in [4.78, 5) is 0. The molecule has 14 heavy (non-hydrogen) atoms. The van der Waals surface area contributed by atoms with E-state index in [1.807, 2.05) is 12.1 Å². The fraction of sp³-hybridized carbons (Fsp3) is 0.250. The van der Waals surface area contributed by atoms with Gasteiger partial charge >= 0.3 is 94.0 Å². The third-order valence-electron chi connectivity index (χ3n) is 1.48. The van der Waals surface area contributed by atoms with Crippen molar-refractivity contribution in [3.8, 4) is 0 Å². The number of rotatable bonds is 4. The SMILES string of the molecule is COP(=O)(OC)[Se]c1ccc(Cl)cc1. The number of hydrogen-bond acceptors (Lipinski definition) is 3. The van der Waals surface area contributed by atoms with Gasteiger partial charge in [-0.3, -0.25) is 0 Å². The van der Waals surface area contributed by atoms with Crippen LogP contribution in [0.2, 0.25) is 5.02 Å². The van der Waals surface area contributed by atoms with Gasteiger partial charge in [0.25, 0.3) is 0 Å². The van der Waals surface area contributed by atoms with E-state index in [1.165, 1.54) is 14.2 Å². The van der Waals surface area contributed by atoms with E-state index in [1.54, 1.807) is 12.1 Å². The number of halogens is 1. The fourth-order valence-corrected chi connectivity index (χ4v) is 5.19. The summed E-state index contributed by atoms with van der Waals surface area (Å²) in [6.07, 6.45) is -2.90. The van der Waals surface area contributed by atoms with E-state index < -0.39 is 6.29 Å². The average Bonchev–Trinajstić information content (AvgIpc) is 2.21. The van der Waals surface area contributed by atoms with Crippen molar-refractivity contribution in [1.82, 2.24) is 0 Å². The van der Waals surface area contributed by atoms with Crippen LogP contribution in [0.1, 0.15) is 0 Å². The molecule has 0 N–H and O–H groups in total. The summed E-state index contributed by atoms with van der Waals surface area (Å²) in [5.41, 5.74) is 0. The molecule has 0 aliphatic heterocycles. The summed E-state index contributed by atoms with van der Waals surface area (Å²) in [7, 11) is 2.78. The third-order valence-corrected chi connectivity index (χ3v) is 8.24. The molecule has 78 valence electrons. The first kappa shape index (κ1) is 12.3. The van der Waals surface area contributed by atoms with Crippen molar-refractivity contribution in [3.63, 3.8) is 0 Å². The summed E-state index contributed by atoms with van der Waals surface area (Å²) in [5, 5.41) is 0.661. The van der Waals surface area contributed by atoms with Crippen LogP contribution in [0.4, 0.5) is 0 Å². The summed E-state index contributed by atoms with van der Waals surface area (Å²) < 4.78 is 22.4. The number of hydrogen-bond donors (Lipinski definition) is 0. The van der Waals surface area contributed by atoms with E-state index >= 15 is 0 Å². The van der Waals surface area contributed by atoms with Gasteiger partial charge in [0.2, 0.25) is 0 Å². The van der Waals surface area contributed by atoms with Crippen molar-refractivity contribution in [2.24, 2.45) is 0 Å². The second kappa shape index (κ2) is 5.31. The molecule has 0 saturated heterocycles. The van der Waals surface area contributed by atoms with Gasteiger partial charge in [-0.05, 0) is 0 Å². The van der Waals surface area contributed by atoms with Gasteiger partial charge in [-0.15, -0.1) is 0 Å². The van der Waals surface area contributed by atoms with Crippen LogP contribution in [0, 0.1) is 0 Å². The predicted molar refractivity (Wildman–Crippen MR) is 58.5 cm³/mol. The minimum absolute atomic E-state index is 0.332. The Balaban J connectivity index is 2.78. The average molecular weight is 300 g/mol. The van der Waals surface area contributed by atoms with Crippen LogP contribution in [-0.4, -0.2) is 28.7 Å². The molecule has 0 amide bonds. The van der Waals surface area contributed by atoms with Crippen LogP contribution in [0.25, 0.3) is 0 Å². The van der Waals surface area contributed by atoms with Crippen LogP contribution >= 0.6 is 17.9 Å². The first-order valence-corrected chi connectivity index (χ1v) is 8.75. The zero-order valence-electron chi connectivity index (χ0n) is 7.77. The van der Waals surface area contributed by atoms with Crippen LogP contribution < -0.4 is 4.46 Å². The van der Waals surface area contributed by atoms with E-state index in [-0.39, 0.29) is 14.5 Å². The molecular weight excluding hydrogens is 289 g/mol. The van der Waals surface area contributed by atoms with Gasteiger partial charge in [0, 0.05) is 0 Å². The Kier molecular flexibility index (Phi) is 4.65. The standard InChI is InChI=1S/C8H10ClO3PSe/c1-11-13(10,12-2)14-8-5-3-7(9)4-6-8/h3-6H,1-2H3. The molecule has 0 bridgehead atoms. The maximum atomic E-state index is 11.8. The molecule has 1 aromatic rings. The Hall–Kier alpha value is 0.179. The minimum atomic E-state index is -2.90. The predicted octanol–water partition coefficient (Wildman–Crippen LogP) is 2.07. The Morgan fingerprint density at radius 3 is 2.14 bits per heavy atom. The molecule has 1 rings (SSSR count). The zero-order valence-corrected chi connectivity index (χ0v) is 11.1. The Morgan fingerprint density at radius 2 is 1.71 bits per heavy atom. The first-order chi connectivity index (χ1) is 6.59. The van der Waals surface area contributed by atoms with Crippen molar-refractivity contribution < 1.29 is 13.6 Å². The molecule has 0 spiro atoms. The van der Waals surface area contributed by atoms with Crippen molar-refractivity contribution >= 4 is 36.9 Å². The molecule has 0 aromatic heterocycles. The van der Waals surface area contributed by atoms with Gasteiger partial charge in [0.05, 0.1) is 0 Å². The van der Waals surface area contributed by atoms with Crippen LogP contribution in [-0.2, 0) is 13.6 Å². The van der Waals surface area contributed by atoms with Crippen LogP contribution in [0.15, 0.2) is 24.3 Å². The molecular formula is C8H10ClO3PSe. The third kappa shape index (κ3) is 3.39. The molecule has 6 heteroatoms. The van der Waals surface area contributed by atoms with Crippen molar-refractivity contribution in [2.45, 2.75) is 0 Å². The second-order valence-electron chi connectivity index (χ2n) is 2.36. The van der Waals surface area contributed by atoms with Gasteiger partial charge in [0.1, 0.15) is 0 Å². The Morgan fingerprint density at radius 1 is 1.21 bits per heavy atom. The second-order valence-corrected chi connectivity index (χ2v) is 9.55. The molecule has 0 atom stereocenters. The first-order valence-electron chi connectivity index (χ1n) is 3.76. The van der Waals surface area contributed by atoms with Crippen molar-refractivity contribution in [2.75, 3.05) is 14.2 Å². The van der Waals surface area contributed by atoms with E-state index in [0.717, 1.165) is 4.46 Å². The summed E-state index contributed by atoms with van der Waals surface area (Å²) >= 11 is 5.39.